The van der Waals surface area contributed by atoms with Crippen LogP contribution in [0.5, 0.6) is 5.75 Å². The zero-order valence-electron chi connectivity index (χ0n) is 9.75. The highest BCUT2D eigenvalue weighted by Gasteiger charge is 2.03. The summed E-state index contributed by atoms with van der Waals surface area (Å²) in [7, 11) is 0. The maximum atomic E-state index is 9.36. The standard InChI is InChI=1S/C14H17NO/c1-10-11(2)15-9-13(10)7-6-12-4-3-5-14(16)8-12/h3-5,8-9,15-16H,6-7H2,1-2H3. The number of aromatic hydroxyl groups is 1. The van der Waals surface area contributed by atoms with Crippen molar-refractivity contribution in [3.05, 3.63) is 52.8 Å². The fourth-order valence-corrected chi connectivity index (χ4v) is 1.90. The van der Waals surface area contributed by atoms with Crippen LogP contribution in [0.2, 0.25) is 0 Å². The first-order valence-electron chi connectivity index (χ1n) is 5.58. The van der Waals surface area contributed by atoms with Crippen molar-refractivity contribution in [3.8, 4) is 5.75 Å². The van der Waals surface area contributed by atoms with Gasteiger partial charge in [-0.05, 0) is 55.5 Å². The zero-order valence-corrected chi connectivity index (χ0v) is 9.75. The molecular formula is C14H17NO. The molecule has 0 radical (unpaired) electrons. The van der Waals surface area contributed by atoms with Crippen LogP contribution in [0.25, 0.3) is 0 Å². The predicted octanol–water partition coefficient (Wildman–Crippen LogP) is 3.12. The second kappa shape index (κ2) is 4.44. The molecule has 1 heterocycles. The number of aromatic nitrogens is 1. The van der Waals surface area contributed by atoms with Crippen molar-refractivity contribution in [3.63, 3.8) is 0 Å². The molecular weight excluding hydrogens is 198 g/mol. The van der Waals surface area contributed by atoms with Crippen LogP contribution in [0.4, 0.5) is 0 Å². The van der Waals surface area contributed by atoms with Crippen LogP contribution in [-0.4, -0.2) is 10.1 Å². The molecule has 2 aromatic rings. The van der Waals surface area contributed by atoms with E-state index in [1.165, 1.54) is 22.4 Å². The van der Waals surface area contributed by atoms with E-state index < -0.39 is 0 Å². The summed E-state index contributed by atoms with van der Waals surface area (Å²) in [5.74, 6) is 0.347. The summed E-state index contributed by atoms with van der Waals surface area (Å²) in [4.78, 5) is 3.24. The Morgan fingerprint density at radius 2 is 2.00 bits per heavy atom. The van der Waals surface area contributed by atoms with E-state index in [0.29, 0.717) is 5.75 Å². The number of benzene rings is 1. The zero-order chi connectivity index (χ0) is 11.5. The predicted molar refractivity (Wildman–Crippen MR) is 65.8 cm³/mol. The fraction of sp³-hybridized carbons (Fsp3) is 0.286. The highest BCUT2D eigenvalue weighted by molar-refractivity contribution is 5.31. The minimum atomic E-state index is 0.347. The largest absolute Gasteiger partial charge is 0.508 e. The van der Waals surface area contributed by atoms with Crippen LogP contribution in [0.15, 0.2) is 30.5 Å². The molecule has 0 spiro atoms. The van der Waals surface area contributed by atoms with Crippen LogP contribution in [0, 0.1) is 13.8 Å². The highest BCUT2D eigenvalue weighted by Crippen LogP contribution is 2.16. The van der Waals surface area contributed by atoms with Crippen LogP contribution in [-0.2, 0) is 12.8 Å². The second-order valence-corrected chi connectivity index (χ2v) is 4.23. The minimum Gasteiger partial charge on any atom is -0.508 e. The van der Waals surface area contributed by atoms with Gasteiger partial charge >= 0.3 is 0 Å². The van der Waals surface area contributed by atoms with Crippen LogP contribution in [0.1, 0.15) is 22.4 Å². The van der Waals surface area contributed by atoms with Crippen molar-refractivity contribution in [1.29, 1.82) is 0 Å². The van der Waals surface area contributed by atoms with Gasteiger partial charge in [-0.1, -0.05) is 12.1 Å². The summed E-state index contributed by atoms with van der Waals surface area (Å²) in [5.41, 5.74) is 5.13. The van der Waals surface area contributed by atoms with Gasteiger partial charge < -0.3 is 10.1 Å². The molecule has 0 fully saturated rings. The number of phenolic OH excluding ortho intramolecular Hbond substituents is 1. The molecule has 2 nitrogen and oxygen atoms in total. The Morgan fingerprint density at radius 3 is 2.62 bits per heavy atom. The van der Waals surface area contributed by atoms with Gasteiger partial charge in [-0.3, -0.25) is 0 Å². The number of hydrogen-bond acceptors (Lipinski definition) is 1. The lowest BCUT2D eigenvalue weighted by molar-refractivity contribution is 0.474. The lowest BCUT2D eigenvalue weighted by atomic mass is 10.0. The number of phenols is 1. The summed E-state index contributed by atoms with van der Waals surface area (Å²) >= 11 is 0. The second-order valence-electron chi connectivity index (χ2n) is 4.23. The topological polar surface area (TPSA) is 36.0 Å². The Bertz CT molecular complexity index is 485. The average molecular weight is 215 g/mol. The third-order valence-electron chi connectivity index (χ3n) is 3.10. The Balaban J connectivity index is 2.05. The number of H-pyrrole nitrogens is 1. The van der Waals surface area contributed by atoms with Crippen LogP contribution in [0.3, 0.4) is 0 Å². The molecule has 0 bridgehead atoms. The van der Waals surface area contributed by atoms with Crippen LogP contribution >= 0.6 is 0 Å². The lowest BCUT2D eigenvalue weighted by Gasteiger charge is -2.02. The molecule has 84 valence electrons. The molecule has 16 heavy (non-hydrogen) atoms. The van der Waals surface area contributed by atoms with Gasteiger partial charge in [0.2, 0.25) is 0 Å². The molecule has 0 saturated carbocycles. The fourth-order valence-electron chi connectivity index (χ4n) is 1.90. The number of aryl methyl sites for hydroxylation is 3. The van der Waals surface area contributed by atoms with Gasteiger partial charge in [-0.2, -0.15) is 0 Å². The van der Waals surface area contributed by atoms with E-state index in [0.717, 1.165) is 12.8 Å². The Labute approximate surface area is 96.0 Å². The summed E-state index contributed by atoms with van der Waals surface area (Å²) in [6, 6.07) is 7.47. The summed E-state index contributed by atoms with van der Waals surface area (Å²) in [6.45, 7) is 4.23. The third-order valence-corrected chi connectivity index (χ3v) is 3.10. The van der Waals surface area contributed by atoms with E-state index >= 15 is 0 Å². The number of aromatic amines is 1. The first-order chi connectivity index (χ1) is 7.66. The van der Waals surface area contributed by atoms with Gasteiger partial charge in [-0.25, -0.2) is 0 Å². The number of hydrogen-bond donors (Lipinski definition) is 2. The molecule has 1 aromatic carbocycles. The maximum Gasteiger partial charge on any atom is 0.115 e. The summed E-state index contributed by atoms with van der Waals surface area (Å²) in [6.07, 6.45) is 4.06. The first kappa shape index (κ1) is 10.8. The quantitative estimate of drug-likeness (QED) is 0.810. The summed E-state index contributed by atoms with van der Waals surface area (Å²) in [5, 5.41) is 9.36. The molecule has 2 N–H and O–H groups in total. The van der Waals surface area contributed by atoms with Gasteiger partial charge in [-0.15, -0.1) is 0 Å². The lowest BCUT2D eigenvalue weighted by Crippen LogP contribution is -1.91. The third kappa shape index (κ3) is 2.27. The molecule has 0 aliphatic rings. The van der Waals surface area contributed by atoms with Gasteiger partial charge in [0.25, 0.3) is 0 Å². The normalized spacial score (nSPS) is 10.6. The molecule has 0 aliphatic carbocycles. The molecule has 2 rings (SSSR count). The Hall–Kier alpha value is -1.70. The van der Waals surface area contributed by atoms with E-state index in [2.05, 4.69) is 31.1 Å². The van der Waals surface area contributed by atoms with Crippen LogP contribution < -0.4 is 0 Å². The Morgan fingerprint density at radius 1 is 1.19 bits per heavy atom. The highest BCUT2D eigenvalue weighted by atomic mass is 16.3. The van der Waals surface area contributed by atoms with E-state index in [1.807, 2.05) is 12.1 Å². The van der Waals surface area contributed by atoms with Gasteiger partial charge in [0.1, 0.15) is 5.75 Å². The van der Waals surface area contributed by atoms with Gasteiger partial charge in [0.05, 0.1) is 0 Å². The maximum absolute atomic E-state index is 9.36. The van der Waals surface area contributed by atoms with Crippen molar-refractivity contribution in [2.24, 2.45) is 0 Å². The molecule has 0 amide bonds. The van der Waals surface area contributed by atoms with Gasteiger partial charge in [0, 0.05) is 11.9 Å². The average Bonchev–Trinajstić information content (AvgIpc) is 2.57. The number of nitrogens with one attached hydrogen (secondary N) is 1. The van der Waals surface area contributed by atoms with Crippen molar-refractivity contribution < 1.29 is 5.11 Å². The molecule has 0 unspecified atom stereocenters. The van der Waals surface area contributed by atoms with Crippen molar-refractivity contribution in [2.75, 3.05) is 0 Å². The number of rotatable bonds is 3. The Kier molecular flexibility index (Phi) is 3.00. The van der Waals surface area contributed by atoms with E-state index in [1.54, 1.807) is 6.07 Å². The first-order valence-corrected chi connectivity index (χ1v) is 5.58. The smallest absolute Gasteiger partial charge is 0.115 e. The monoisotopic (exact) mass is 215 g/mol. The summed E-state index contributed by atoms with van der Waals surface area (Å²) < 4.78 is 0. The van der Waals surface area contributed by atoms with E-state index in [-0.39, 0.29) is 0 Å². The van der Waals surface area contributed by atoms with Gasteiger partial charge in [0.15, 0.2) is 0 Å². The molecule has 0 aliphatic heterocycles. The molecule has 0 saturated heterocycles. The van der Waals surface area contributed by atoms with Crippen molar-refractivity contribution >= 4 is 0 Å². The van der Waals surface area contributed by atoms with Crippen molar-refractivity contribution in [1.82, 2.24) is 4.98 Å². The SMILES string of the molecule is Cc1[nH]cc(CCc2cccc(O)c2)c1C. The molecule has 0 atom stereocenters. The van der Waals surface area contributed by atoms with Crippen molar-refractivity contribution in [2.45, 2.75) is 26.7 Å². The van der Waals surface area contributed by atoms with E-state index in [4.69, 9.17) is 0 Å². The van der Waals surface area contributed by atoms with E-state index in [9.17, 15) is 5.11 Å². The molecule has 1 aromatic heterocycles. The minimum absolute atomic E-state index is 0.347. The molecule has 2 heteroatoms.